The van der Waals surface area contributed by atoms with Crippen molar-refractivity contribution in [3.05, 3.63) is 42.0 Å². The zero-order valence-corrected chi connectivity index (χ0v) is 15.2. The summed E-state index contributed by atoms with van der Waals surface area (Å²) in [4.78, 5) is 22.9. The van der Waals surface area contributed by atoms with Crippen LogP contribution >= 0.6 is 0 Å². The maximum Gasteiger partial charge on any atom is 0.333 e. The lowest BCUT2D eigenvalue weighted by Crippen LogP contribution is -2.25. The standard InChI is InChI=1S/C20H30N2O3/c1-16(2)20(24)25-15-7-5-3-4-6-8-19(23)22-14-13-17-9-11-18(21)12-10-17/h9-12H,1,3-8,13-15,21H2,2H3,(H,22,23). The second kappa shape index (κ2) is 12.1. The third-order valence-electron chi connectivity index (χ3n) is 3.85. The first-order valence-corrected chi connectivity index (χ1v) is 8.93. The van der Waals surface area contributed by atoms with Crippen LogP contribution in [0.4, 0.5) is 5.69 Å². The van der Waals surface area contributed by atoms with Crippen LogP contribution in [0.25, 0.3) is 0 Å². The van der Waals surface area contributed by atoms with Gasteiger partial charge in [-0.2, -0.15) is 0 Å². The van der Waals surface area contributed by atoms with Gasteiger partial charge in [-0.3, -0.25) is 4.79 Å². The maximum absolute atomic E-state index is 11.8. The molecule has 0 aliphatic heterocycles. The van der Waals surface area contributed by atoms with E-state index in [0.29, 0.717) is 25.1 Å². The van der Waals surface area contributed by atoms with Crippen molar-refractivity contribution in [2.45, 2.75) is 51.9 Å². The van der Waals surface area contributed by atoms with Gasteiger partial charge in [0.15, 0.2) is 0 Å². The summed E-state index contributed by atoms with van der Waals surface area (Å²) in [7, 11) is 0. The Balaban J connectivity index is 1.94. The summed E-state index contributed by atoms with van der Waals surface area (Å²) < 4.78 is 5.03. The van der Waals surface area contributed by atoms with Gasteiger partial charge >= 0.3 is 5.97 Å². The van der Waals surface area contributed by atoms with E-state index in [4.69, 9.17) is 10.5 Å². The molecule has 0 spiro atoms. The highest BCUT2D eigenvalue weighted by Crippen LogP contribution is 2.07. The molecule has 0 aromatic heterocycles. The van der Waals surface area contributed by atoms with E-state index in [2.05, 4.69) is 11.9 Å². The van der Waals surface area contributed by atoms with Crippen molar-refractivity contribution < 1.29 is 14.3 Å². The number of ether oxygens (including phenoxy) is 1. The highest BCUT2D eigenvalue weighted by atomic mass is 16.5. The van der Waals surface area contributed by atoms with Gasteiger partial charge in [0.05, 0.1) is 6.61 Å². The summed E-state index contributed by atoms with van der Waals surface area (Å²) in [5.74, 6) is -0.221. The summed E-state index contributed by atoms with van der Waals surface area (Å²) in [6.07, 6.45) is 6.18. The second-order valence-electron chi connectivity index (χ2n) is 6.28. The number of rotatable bonds is 12. The molecule has 0 unspecified atom stereocenters. The van der Waals surface area contributed by atoms with Gasteiger partial charge in [-0.25, -0.2) is 4.79 Å². The van der Waals surface area contributed by atoms with Crippen LogP contribution in [-0.2, 0) is 20.7 Å². The topological polar surface area (TPSA) is 81.4 Å². The smallest absolute Gasteiger partial charge is 0.333 e. The summed E-state index contributed by atoms with van der Waals surface area (Å²) in [5, 5.41) is 2.94. The molecule has 0 atom stereocenters. The lowest BCUT2D eigenvalue weighted by Gasteiger charge is -2.06. The maximum atomic E-state index is 11.8. The van der Waals surface area contributed by atoms with Gasteiger partial charge in [0.1, 0.15) is 0 Å². The molecule has 1 rings (SSSR count). The Hall–Kier alpha value is -2.30. The number of hydrogen-bond acceptors (Lipinski definition) is 4. The predicted octanol–water partition coefficient (Wildman–Crippen LogP) is 3.39. The van der Waals surface area contributed by atoms with Crippen LogP contribution in [0.15, 0.2) is 36.4 Å². The average Bonchev–Trinajstić information content (AvgIpc) is 2.58. The van der Waals surface area contributed by atoms with Crippen molar-refractivity contribution in [2.75, 3.05) is 18.9 Å². The van der Waals surface area contributed by atoms with E-state index in [1.807, 2.05) is 24.3 Å². The molecule has 0 aliphatic carbocycles. The van der Waals surface area contributed by atoms with Crippen LogP contribution in [0.3, 0.4) is 0 Å². The second-order valence-corrected chi connectivity index (χ2v) is 6.28. The Morgan fingerprint density at radius 1 is 1.08 bits per heavy atom. The Bertz CT molecular complexity index is 553. The molecule has 0 heterocycles. The minimum atomic E-state index is -0.323. The van der Waals surface area contributed by atoms with Crippen LogP contribution in [0.5, 0.6) is 0 Å². The first-order valence-electron chi connectivity index (χ1n) is 8.93. The van der Waals surface area contributed by atoms with Crippen LogP contribution < -0.4 is 11.1 Å². The van der Waals surface area contributed by atoms with E-state index in [-0.39, 0.29) is 11.9 Å². The number of nitrogens with two attached hydrogens (primary N) is 1. The molecular formula is C20H30N2O3. The molecule has 3 N–H and O–H groups in total. The van der Waals surface area contributed by atoms with E-state index in [1.165, 1.54) is 5.56 Å². The number of nitrogens with one attached hydrogen (secondary N) is 1. The molecule has 0 fully saturated rings. The van der Waals surface area contributed by atoms with Crippen LogP contribution in [0, 0.1) is 0 Å². The third kappa shape index (κ3) is 10.2. The summed E-state index contributed by atoms with van der Waals surface area (Å²) in [6, 6.07) is 7.71. The Labute approximate surface area is 150 Å². The van der Waals surface area contributed by atoms with E-state index >= 15 is 0 Å². The van der Waals surface area contributed by atoms with Crippen molar-refractivity contribution in [1.82, 2.24) is 5.32 Å². The Morgan fingerprint density at radius 3 is 2.40 bits per heavy atom. The fourth-order valence-corrected chi connectivity index (χ4v) is 2.32. The lowest BCUT2D eigenvalue weighted by atomic mass is 10.1. The molecule has 1 aromatic rings. The number of esters is 1. The van der Waals surface area contributed by atoms with Crippen molar-refractivity contribution in [1.29, 1.82) is 0 Å². The molecule has 0 radical (unpaired) electrons. The zero-order valence-electron chi connectivity index (χ0n) is 15.2. The number of hydrogen-bond donors (Lipinski definition) is 2. The van der Waals surface area contributed by atoms with Gasteiger partial charge in [0, 0.05) is 24.2 Å². The Morgan fingerprint density at radius 2 is 1.72 bits per heavy atom. The highest BCUT2D eigenvalue weighted by molar-refractivity contribution is 5.86. The number of carbonyl (C=O) groups is 2. The molecule has 25 heavy (non-hydrogen) atoms. The molecule has 0 saturated heterocycles. The molecule has 5 nitrogen and oxygen atoms in total. The average molecular weight is 346 g/mol. The van der Waals surface area contributed by atoms with Crippen LogP contribution in [-0.4, -0.2) is 25.0 Å². The molecule has 1 amide bonds. The molecule has 1 aromatic carbocycles. The number of anilines is 1. The minimum Gasteiger partial charge on any atom is -0.462 e. The van der Waals surface area contributed by atoms with Crippen molar-refractivity contribution in [2.24, 2.45) is 0 Å². The fraction of sp³-hybridized carbons (Fsp3) is 0.500. The molecule has 0 aliphatic rings. The van der Waals surface area contributed by atoms with E-state index < -0.39 is 0 Å². The number of unbranched alkanes of at least 4 members (excludes halogenated alkanes) is 4. The highest BCUT2D eigenvalue weighted by Gasteiger charge is 2.03. The van der Waals surface area contributed by atoms with E-state index in [1.54, 1.807) is 6.92 Å². The quantitative estimate of drug-likeness (QED) is 0.263. The molecule has 138 valence electrons. The number of carbonyl (C=O) groups excluding carboxylic acids is 2. The number of benzene rings is 1. The van der Waals surface area contributed by atoms with Gasteiger partial charge in [0.25, 0.3) is 0 Å². The van der Waals surface area contributed by atoms with Gasteiger partial charge in [-0.1, -0.05) is 38.0 Å². The summed E-state index contributed by atoms with van der Waals surface area (Å²) >= 11 is 0. The Kier molecular flexibility index (Phi) is 10.1. The number of amides is 1. The normalized spacial score (nSPS) is 10.3. The monoisotopic (exact) mass is 346 g/mol. The van der Waals surface area contributed by atoms with Crippen molar-refractivity contribution in [3.63, 3.8) is 0 Å². The van der Waals surface area contributed by atoms with Crippen molar-refractivity contribution in [3.8, 4) is 0 Å². The zero-order chi connectivity index (χ0) is 18.5. The summed E-state index contributed by atoms with van der Waals surface area (Å²) in [6.45, 7) is 6.27. The van der Waals surface area contributed by atoms with Gasteiger partial charge in [0.2, 0.25) is 5.91 Å². The van der Waals surface area contributed by atoms with Gasteiger partial charge in [-0.05, 0) is 43.9 Å². The van der Waals surface area contributed by atoms with Gasteiger partial charge < -0.3 is 15.8 Å². The largest absolute Gasteiger partial charge is 0.462 e. The molecule has 0 bridgehead atoms. The SMILES string of the molecule is C=C(C)C(=O)OCCCCCCCC(=O)NCCc1ccc(N)cc1. The molecule has 5 heteroatoms. The fourth-order valence-electron chi connectivity index (χ4n) is 2.32. The summed E-state index contributed by atoms with van der Waals surface area (Å²) in [5.41, 5.74) is 7.99. The lowest BCUT2D eigenvalue weighted by molar-refractivity contribution is -0.139. The van der Waals surface area contributed by atoms with E-state index in [0.717, 1.165) is 44.2 Å². The van der Waals surface area contributed by atoms with Crippen LogP contribution in [0.2, 0.25) is 0 Å². The third-order valence-corrected chi connectivity index (χ3v) is 3.85. The first kappa shape index (κ1) is 20.7. The van der Waals surface area contributed by atoms with Gasteiger partial charge in [-0.15, -0.1) is 0 Å². The minimum absolute atomic E-state index is 0.103. The van der Waals surface area contributed by atoms with Crippen LogP contribution in [0.1, 0.15) is 51.0 Å². The molecular weight excluding hydrogens is 316 g/mol. The molecule has 0 saturated carbocycles. The predicted molar refractivity (Wildman–Crippen MR) is 101 cm³/mol. The van der Waals surface area contributed by atoms with Crippen molar-refractivity contribution >= 4 is 17.6 Å². The van der Waals surface area contributed by atoms with E-state index in [9.17, 15) is 9.59 Å². The first-order chi connectivity index (χ1) is 12.0. The number of nitrogen functional groups attached to an aromatic ring is 1.